The minimum atomic E-state index is -1.97. The van der Waals surface area contributed by atoms with E-state index in [2.05, 4.69) is 29.6 Å². The van der Waals surface area contributed by atoms with Crippen LogP contribution < -0.4 is 0 Å². The van der Waals surface area contributed by atoms with E-state index in [0.29, 0.717) is 0 Å². The number of carbonyl (C=O) groups is 4. The van der Waals surface area contributed by atoms with Gasteiger partial charge in [0, 0.05) is 10.1 Å². The number of hydrogen-bond acceptors (Lipinski definition) is 14. The second kappa shape index (κ2) is 7.59. The van der Waals surface area contributed by atoms with E-state index in [1.54, 1.807) is 0 Å². The van der Waals surface area contributed by atoms with Crippen LogP contribution in [-0.4, -0.2) is 68.7 Å². The zero-order chi connectivity index (χ0) is 16.9. The van der Waals surface area contributed by atoms with E-state index in [1.165, 1.54) is 0 Å². The van der Waals surface area contributed by atoms with E-state index in [4.69, 9.17) is 20.4 Å². The van der Waals surface area contributed by atoms with Crippen LogP contribution in [0.25, 0.3) is 0 Å². The molecule has 0 amide bonds. The van der Waals surface area contributed by atoms with Crippen LogP contribution in [0.5, 0.6) is 0 Å². The monoisotopic (exact) mass is 328 g/mol. The van der Waals surface area contributed by atoms with Gasteiger partial charge in [0.15, 0.2) is 24.4 Å². The number of carbonyl (C=O) groups excluding carboxylic acids is 4. The fourth-order valence-electron chi connectivity index (χ4n) is 0.881. The Kier molecular flexibility index (Phi) is 6.11. The van der Waals surface area contributed by atoms with Gasteiger partial charge in [0.05, 0.1) is 0 Å². The molecule has 0 aromatic heterocycles. The molecule has 0 spiro atoms. The van der Waals surface area contributed by atoms with Crippen LogP contribution >= 0.6 is 0 Å². The zero-order valence-electron chi connectivity index (χ0n) is 10.2. The second-order valence-corrected chi connectivity index (χ2v) is 3.52. The molecular weight excluding hydrogens is 320 g/mol. The fourth-order valence-corrected chi connectivity index (χ4v) is 0.881. The average molecular weight is 328 g/mol. The maximum atomic E-state index is 10.4. The predicted octanol–water partition coefficient (Wildman–Crippen LogP) is -4.69. The number of aliphatic hydroxyl groups is 4. The molecule has 0 aromatic rings. The molecule has 4 unspecified atom stereocenters. The Bertz CT molecular complexity index is 376. The lowest BCUT2D eigenvalue weighted by atomic mass is 10.2. The maximum Gasteiger partial charge on any atom is 0.378 e. The van der Waals surface area contributed by atoms with Gasteiger partial charge in [0.2, 0.25) is 0 Å². The summed E-state index contributed by atoms with van der Waals surface area (Å²) in [5, 5.41) is 41.8. The molecule has 4 N–H and O–H groups in total. The molecule has 0 saturated carbocycles. The van der Waals surface area contributed by atoms with Gasteiger partial charge in [0.1, 0.15) is 0 Å². The SMILES string of the molecule is O=C1OOOC(=O)C(O)C1O.O=C1OOOC(=O)C(O)C1O. The largest absolute Gasteiger partial charge is 0.378 e. The first kappa shape index (κ1) is 17.7. The van der Waals surface area contributed by atoms with Crippen LogP contribution in [0.1, 0.15) is 0 Å². The van der Waals surface area contributed by atoms with Gasteiger partial charge < -0.3 is 20.4 Å². The lowest BCUT2D eigenvalue weighted by Gasteiger charge is -2.04. The van der Waals surface area contributed by atoms with Gasteiger partial charge in [-0.2, -0.15) is 0 Å². The summed E-state index contributed by atoms with van der Waals surface area (Å²) in [4.78, 5) is 56.2. The van der Waals surface area contributed by atoms with Gasteiger partial charge in [-0.15, -0.1) is 0 Å². The van der Waals surface area contributed by atoms with Crippen molar-refractivity contribution >= 4 is 23.9 Å². The molecule has 0 aliphatic carbocycles. The number of rotatable bonds is 0. The van der Waals surface area contributed by atoms with E-state index in [-0.39, 0.29) is 0 Å². The number of hydrogen-bond donors (Lipinski definition) is 4. The highest BCUT2D eigenvalue weighted by Gasteiger charge is 2.38. The topological polar surface area (TPSA) is 205 Å². The first-order valence-electron chi connectivity index (χ1n) is 5.15. The van der Waals surface area contributed by atoms with E-state index < -0.39 is 48.3 Å². The van der Waals surface area contributed by atoms with Crippen molar-refractivity contribution in [3.05, 3.63) is 0 Å². The summed E-state index contributed by atoms with van der Waals surface area (Å²) in [7, 11) is 0. The van der Waals surface area contributed by atoms with Crippen molar-refractivity contribution in [1.29, 1.82) is 0 Å². The quantitative estimate of drug-likeness (QED) is 0.308. The summed E-state index contributed by atoms with van der Waals surface area (Å²) >= 11 is 0. The third-order valence-corrected chi connectivity index (χ3v) is 2.03. The van der Waals surface area contributed by atoms with Crippen LogP contribution in [0.2, 0.25) is 0 Å². The van der Waals surface area contributed by atoms with Crippen molar-refractivity contribution in [2.75, 3.05) is 0 Å². The molecule has 0 radical (unpaired) electrons. The van der Waals surface area contributed by atoms with Gasteiger partial charge in [0.25, 0.3) is 0 Å². The predicted molar refractivity (Wildman–Crippen MR) is 50.6 cm³/mol. The molecule has 124 valence electrons. The summed E-state index contributed by atoms with van der Waals surface area (Å²) in [6.07, 6.45) is -7.87. The van der Waals surface area contributed by atoms with Crippen LogP contribution in [0, 0.1) is 0 Å². The standard InChI is InChI=1S/2C4H4O7/c2*5-1-2(6)4(8)10-11-9-3(1)7/h2*1-2,5-6H. The van der Waals surface area contributed by atoms with Gasteiger partial charge in [-0.25, -0.2) is 19.2 Å². The molecule has 22 heavy (non-hydrogen) atoms. The van der Waals surface area contributed by atoms with E-state index in [1.807, 2.05) is 0 Å². The first-order chi connectivity index (χ1) is 10.3. The molecule has 2 heterocycles. The average Bonchev–Trinajstić information content (AvgIpc) is 2.67. The molecule has 2 fully saturated rings. The summed E-state index contributed by atoms with van der Waals surface area (Å²) in [6.45, 7) is 0. The maximum absolute atomic E-state index is 10.4. The molecule has 0 aromatic carbocycles. The Morgan fingerprint density at radius 3 is 0.864 bits per heavy atom. The molecule has 2 aliphatic heterocycles. The Labute approximate surface area is 119 Å². The van der Waals surface area contributed by atoms with Gasteiger partial charge >= 0.3 is 23.9 Å². The Morgan fingerprint density at radius 2 is 0.682 bits per heavy atom. The van der Waals surface area contributed by atoms with E-state index >= 15 is 0 Å². The number of aliphatic hydroxyl groups excluding tert-OH is 4. The molecule has 2 rings (SSSR count). The van der Waals surface area contributed by atoms with Crippen molar-refractivity contribution in [2.45, 2.75) is 24.4 Å². The van der Waals surface area contributed by atoms with Crippen LogP contribution in [0.4, 0.5) is 0 Å². The Balaban J connectivity index is 0.000000220. The van der Waals surface area contributed by atoms with Crippen molar-refractivity contribution in [3.63, 3.8) is 0 Å². The minimum Gasteiger partial charge on any atom is -0.378 e. The highest BCUT2D eigenvalue weighted by molar-refractivity contribution is 5.85. The molecule has 2 aliphatic rings. The van der Waals surface area contributed by atoms with Crippen LogP contribution in [0.15, 0.2) is 0 Å². The van der Waals surface area contributed by atoms with Crippen molar-refractivity contribution < 1.29 is 69.2 Å². The summed E-state index contributed by atoms with van der Waals surface area (Å²) in [6, 6.07) is 0. The summed E-state index contributed by atoms with van der Waals surface area (Å²) < 4.78 is 0. The van der Waals surface area contributed by atoms with Gasteiger partial charge in [-0.3, -0.25) is 19.6 Å². The zero-order valence-corrected chi connectivity index (χ0v) is 10.2. The third-order valence-electron chi connectivity index (χ3n) is 2.03. The fraction of sp³-hybridized carbons (Fsp3) is 0.500. The molecular formula is C8H8O14. The van der Waals surface area contributed by atoms with E-state index in [0.717, 1.165) is 0 Å². The summed E-state index contributed by atoms with van der Waals surface area (Å²) in [5.74, 6) is -5.15. The van der Waals surface area contributed by atoms with Crippen LogP contribution in [0.3, 0.4) is 0 Å². The molecule has 2 saturated heterocycles. The minimum absolute atomic E-state index is 1.29. The Hall–Kier alpha value is -2.36. The van der Waals surface area contributed by atoms with Gasteiger partial charge in [-0.05, 0) is 0 Å². The van der Waals surface area contributed by atoms with Crippen molar-refractivity contribution in [3.8, 4) is 0 Å². The highest BCUT2D eigenvalue weighted by Crippen LogP contribution is 2.06. The van der Waals surface area contributed by atoms with Gasteiger partial charge in [-0.1, -0.05) is 0 Å². The normalized spacial score (nSPS) is 32.2. The lowest BCUT2D eigenvalue weighted by Crippen LogP contribution is -2.38. The smallest absolute Gasteiger partial charge is 0.378 e. The van der Waals surface area contributed by atoms with E-state index in [9.17, 15) is 19.2 Å². The summed E-state index contributed by atoms with van der Waals surface area (Å²) in [5.41, 5.74) is 0. The molecule has 14 heteroatoms. The van der Waals surface area contributed by atoms with Crippen LogP contribution in [-0.2, 0) is 48.8 Å². The second-order valence-electron chi connectivity index (χ2n) is 3.52. The Morgan fingerprint density at radius 1 is 0.500 bits per heavy atom. The third kappa shape index (κ3) is 4.32. The van der Waals surface area contributed by atoms with Crippen molar-refractivity contribution in [2.24, 2.45) is 0 Å². The lowest BCUT2D eigenvalue weighted by molar-refractivity contribution is -0.457. The molecule has 0 bridgehead atoms. The molecule has 14 nitrogen and oxygen atoms in total. The van der Waals surface area contributed by atoms with Crippen molar-refractivity contribution in [1.82, 2.24) is 0 Å². The first-order valence-corrected chi connectivity index (χ1v) is 5.15. The molecule has 4 atom stereocenters. The highest BCUT2D eigenvalue weighted by atomic mass is 17.5.